The summed E-state index contributed by atoms with van der Waals surface area (Å²) in [5.41, 5.74) is 7.92. The molecule has 7 nitrogen and oxygen atoms in total. The van der Waals surface area contributed by atoms with Crippen molar-refractivity contribution in [3.05, 3.63) is 64.5 Å². The highest BCUT2D eigenvalue weighted by molar-refractivity contribution is 5.99. The molecule has 0 aliphatic heterocycles. The molecule has 30 heavy (non-hydrogen) atoms. The highest BCUT2D eigenvalue weighted by Gasteiger charge is 2.17. The van der Waals surface area contributed by atoms with E-state index in [1.807, 2.05) is 44.2 Å². The Morgan fingerprint density at radius 2 is 2.03 bits per heavy atom. The van der Waals surface area contributed by atoms with Gasteiger partial charge in [0.25, 0.3) is 0 Å². The van der Waals surface area contributed by atoms with Crippen LogP contribution in [0, 0.1) is 24.7 Å². The van der Waals surface area contributed by atoms with Gasteiger partial charge in [0.05, 0.1) is 12.8 Å². The van der Waals surface area contributed by atoms with E-state index >= 15 is 0 Å². The Balaban J connectivity index is 1.70. The summed E-state index contributed by atoms with van der Waals surface area (Å²) in [7, 11) is 3.00. The number of aromatic nitrogens is 1. The number of hydroxylamine groups is 1. The second kappa shape index (κ2) is 10.4. The molecule has 1 heterocycles. The van der Waals surface area contributed by atoms with Crippen LogP contribution in [0.1, 0.15) is 47.7 Å². The van der Waals surface area contributed by atoms with E-state index in [0.29, 0.717) is 11.8 Å². The fraction of sp³-hybridized carbons (Fsp3) is 0.348. The van der Waals surface area contributed by atoms with Crippen LogP contribution in [0.25, 0.3) is 0 Å². The van der Waals surface area contributed by atoms with E-state index in [9.17, 15) is 0 Å². The average molecular weight is 406 g/mol. The van der Waals surface area contributed by atoms with Gasteiger partial charge in [-0.2, -0.15) is 0 Å². The van der Waals surface area contributed by atoms with Gasteiger partial charge in [0.1, 0.15) is 19.4 Å². The lowest BCUT2D eigenvalue weighted by atomic mass is 10.0. The van der Waals surface area contributed by atoms with Crippen LogP contribution in [-0.4, -0.2) is 30.8 Å². The van der Waals surface area contributed by atoms with Crippen molar-refractivity contribution < 1.29 is 14.5 Å². The predicted molar refractivity (Wildman–Crippen MR) is 116 cm³/mol. The number of hydrogen-bond donors (Lipinski definition) is 1. The highest BCUT2D eigenvalue weighted by Crippen LogP contribution is 2.27. The minimum atomic E-state index is 0.270. The topological polar surface area (TPSA) is 77.3 Å². The Kier molecular flexibility index (Phi) is 7.41. The number of nitrogens with one attached hydrogen (secondary N) is 1. The van der Waals surface area contributed by atoms with E-state index in [0.717, 1.165) is 33.7 Å². The van der Waals surface area contributed by atoms with E-state index in [1.165, 1.54) is 27.1 Å². The van der Waals surface area contributed by atoms with E-state index in [1.54, 1.807) is 6.20 Å². The summed E-state index contributed by atoms with van der Waals surface area (Å²) in [5.74, 6) is 7.33. The van der Waals surface area contributed by atoms with Crippen LogP contribution >= 0.6 is 0 Å². The van der Waals surface area contributed by atoms with Crippen LogP contribution in [0.5, 0.6) is 0 Å². The summed E-state index contributed by atoms with van der Waals surface area (Å²) in [5, 5.41) is 8.24. The smallest absolute Gasteiger partial charge is 0.196 e. The van der Waals surface area contributed by atoms with Crippen molar-refractivity contribution in [2.45, 2.75) is 33.3 Å². The van der Waals surface area contributed by atoms with Crippen LogP contribution in [0.15, 0.2) is 46.8 Å². The molecule has 0 amide bonds. The standard InChI is InChI=1S/C23H26N4O3/c1-16-6-5-7-21(23(26-28-3)27-29-4)22(16)15-30-25-17(2)19-11-13-20(24-14-19)12-10-18-8-9-18/h5-7,11,13-14,18H,8-9,15H2,1-4H3,(H,26,27)/b25-17+. The number of benzene rings is 1. The maximum atomic E-state index is 5.65. The molecule has 156 valence electrons. The van der Waals surface area contributed by atoms with Gasteiger partial charge in [0.15, 0.2) is 5.84 Å². The number of hydrogen-bond acceptors (Lipinski definition) is 6. The van der Waals surface area contributed by atoms with Crippen LogP contribution < -0.4 is 5.48 Å². The fourth-order valence-electron chi connectivity index (χ4n) is 2.76. The van der Waals surface area contributed by atoms with Crippen LogP contribution in [-0.2, 0) is 21.1 Å². The molecular weight excluding hydrogens is 380 g/mol. The van der Waals surface area contributed by atoms with E-state index in [-0.39, 0.29) is 6.61 Å². The third kappa shape index (κ3) is 5.82. The van der Waals surface area contributed by atoms with Crippen LogP contribution in [0.4, 0.5) is 0 Å². The lowest BCUT2D eigenvalue weighted by Gasteiger charge is -2.14. The molecule has 0 atom stereocenters. The number of rotatable bonds is 7. The molecule has 1 fully saturated rings. The normalized spacial score (nSPS) is 14.0. The van der Waals surface area contributed by atoms with Gasteiger partial charge in [-0.25, -0.2) is 10.5 Å². The van der Waals surface area contributed by atoms with Gasteiger partial charge >= 0.3 is 0 Å². The van der Waals surface area contributed by atoms with Crippen molar-refractivity contribution in [3.63, 3.8) is 0 Å². The Morgan fingerprint density at radius 1 is 1.20 bits per heavy atom. The lowest BCUT2D eigenvalue weighted by Crippen LogP contribution is -2.25. The van der Waals surface area contributed by atoms with Gasteiger partial charge in [0, 0.05) is 28.8 Å². The first-order valence-electron chi connectivity index (χ1n) is 9.76. The zero-order chi connectivity index (χ0) is 21.3. The first kappa shape index (κ1) is 21.3. The zero-order valence-electron chi connectivity index (χ0n) is 17.7. The molecule has 7 heteroatoms. The van der Waals surface area contributed by atoms with Crippen LogP contribution in [0.3, 0.4) is 0 Å². The molecule has 0 saturated heterocycles. The van der Waals surface area contributed by atoms with E-state index < -0.39 is 0 Å². The quantitative estimate of drug-likeness (QED) is 0.329. The number of nitrogens with zero attached hydrogens (tertiary/aromatic N) is 3. The SMILES string of the molecule is CO/N=C(/NOC)c1cccc(C)c1CO/N=C(\C)c1ccc(C#CC2CC2)nc1. The van der Waals surface area contributed by atoms with Crippen molar-refractivity contribution in [1.82, 2.24) is 10.5 Å². The van der Waals surface area contributed by atoms with Crippen LogP contribution in [0.2, 0.25) is 0 Å². The molecular formula is C23H26N4O3. The van der Waals surface area contributed by atoms with Crippen molar-refractivity contribution in [1.29, 1.82) is 0 Å². The molecule has 1 saturated carbocycles. The molecule has 1 aromatic heterocycles. The first-order chi connectivity index (χ1) is 14.6. The monoisotopic (exact) mass is 406 g/mol. The number of amidine groups is 1. The number of pyridine rings is 1. The average Bonchev–Trinajstić information content (AvgIpc) is 3.58. The third-order valence-electron chi connectivity index (χ3n) is 4.62. The Hall–Kier alpha value is -3.37. The Bertz CT molecular complexity index is 984. The van der Waals surface area contributed by atoms with Gasteiger partial charge in [-0.1, -0.05) is 34.4 Å². The molecule has 0 unspecified atom stereocenters. The second-order valence-corrected chi connectivity index (χ2v) is 6.96. The van der Waals surface area contributed by atoms with Gasteiger partial charge in [-0.3, -0.25) is 4.84 Å². The zero-order valence-corrected chi connectivity index (χ0v) is 17.7. The molecule has 0 bridgehead atoms. The van der Waals surface area contributed by atoms with Crippen molar-refractivity contribution in [2.24, 2.45) is 16.2 Å². The summed E-state index contributed by atoms with van der Waals surface area (Å²) in [4.78, 5) is 20.0. The summed E-state index contributed by atoms with van der Waals surface area (Å²) < 4.78 is 0. The molecule has 1 aromatic carbocycles. The van der Waals surface area contributed by atoms with E-state index in [4.69, 9.17) is 14.5 Å². The number of oxime groups is 2. The van der Waals surface area contributed by atoms with Gasteiger partial charge < -0.3 is 9.68 Å². The van der Waals surface area contributed by atoms with Gasteiger partial charge in [0.2, 0.25) is 0 Å². The number of aryl methyl sites for hydroxylation is 1. The van der Waals surface area contributed by atoms with Crippen molar-refractivity contribution >= 4 is 11.5 Å². The lowest BCUT2D eigenvalue weighted by molar-refractivity contribution is 0.127. The minimum absolute atomic E-state index is 0.270. The maximum Gasteiger partial charge on any atom is 0.196 e. The summed E-state index contributed by atoms with van der Waals surface area (Å²) in [6.45, 7) is 4.16. The molecule has 0 radical (unpaired) electrons. The molecule has 1 N–H and O–H groups in total. The fourth-order valence-corrected chi connectivity index (χ4v) is 2.76. The Labute approximate surface area is 177 Å². The van der Waals surface area contributed by atoms with Crippen molar-refractivity contribution in [3.8, 4) is 11.8 Å². The summed E-state index contributed by atoms with van der Waals surface area (Å²) >= 11 is 0. The van der Waals surface area contributed by atoms with Gasteiger partial charge in [-0.15, -0.1) is 0 Å². The van der Waals surface area contributed by atoms with Gasteiger partial charge in [-0.05, 0) is 50.3 Å². The third-order valence-corrected chi connectivity index (χ3v) is 4.62. The minimum Gasteiger partial charge on any atom is -0.397 e. The second-order valence-electron chi connectivity index (χ2n) is 6.96. The molecule has 1 aliphatic rings. The summed E-state index contributed by atoms with van der Waals surface area (Å²) in [6, 6.07) is 9.72. The highest BCUT2D eigenvalue weighted by atomic mass is 16.7. The largest absolute Gasteiger partial charge is 0.397 e. The first-order valence-corrected chi connectivity index (χ1v) is 9.76. The summed E-state index contributed by atoms with van der Waals surface area (Å²) in [6.07, 6.45) is 4.18. The van der Waals surface area contributed by atoms with Crippen molar-refractivity contribution in [2.75, 3.05) is 14.2 Å². The maximum absolute atomic E-state index is 5.65. The molecule has 0 spiro atoms. The molecule has 2 aromatic rings. The van der Waals surface area contributed by atoms with E-state index in [2.05, 4.69) is 32.6 Å². The predicted octanol–water partition coefficient (Wildman–Crippen LogP) is 3.55. The molecule has 1 aliphatic carbocycles. The Morgan fingerprint density at radius 3 is 2.70 bits per heavy atom. The molecule has 3 rings (SSSR count).